The summed E-state index contributed by atoms with van der Waals surface area (Å²) in [6.07, 6.45) is 6.45. The summed E-state index contributed by atoms with van der Waals surface area (Å²) >= 11 is 0. The van der Waals surface area contributed by atoms with Crippen molar-refractivity contribution < 1.29 is 8.42 Å². The van der Waals surface area contributed by atoms with E-state index in [-0.39, 0.29) is 10.7 Å². The van der Waals surface area contributed by atoms with Gasteiger partial charge in [-0.3, -0.25) is 0 Å². The molecule has 0 radical (unpaired) electrons. The number of nitrogens with zero attached hydrogens (tertiary/aromatic N) is 1. The number of rotatable bonds is 3. The molecule has 0 aliphatic heterocycles. The lowest BCUT2D eigenvalue weighted by molar-refractivity contribution is 0.452. The van der Waals surface area contributed by atoms with Crippen LogP contribution >= 0.6 is 0 Å². The molecule has 0 saturated heterocycles. The molecule has 1 aliphatic carbocycles. The Morgan fingerprint density at radius 1 is 1.19 bits per heavy atom. The summed E-state index contributed by atoms with van der Waals surface area (Å²) in [4.78, 5) is 4.39. The van der Waals surface area contributed by atoms with E-state index in [9.17, 15) is 8.42 Å². The van der Waals surface area contributed by atoms with Gasteiger partial charge in [-0.1, -0.05) is 20.8 Å². The third-order valence-corrected chi connectivity index (χ3v) is 5.94. The van der Waals surface area contributed by atoms with Crippen molar-refractivity contribution in [2.75, 3.05) is 11.6 Å². The maximum absolute atomic E-state index is 11.6. The van der Waals surface area contributed by atoms with Crippen LogP contribution in [0.4, 0.5) is 5.82 Å². The summed E-state index contributed by atoms with van der Waals surface area (Å²) in [5.41, 5.74) is 1.36. The molecule has 1 N–H and O–H groups in total. The number of nitrogens with one attached hydrogen (secondary N) is 1. The van der Waals surface area contributed by atoms with Gasteiger partial charge >= 0.3 is 0 Å². The maximum Gasteiger partial charge on any atom is 0.150 e. The molecule has 5 heteroatoms. The Morgan fingerprint density at radius 3 is 2.33 bits per heavy atom. The summed E-state index contributed by atoms with van der Waals surface area (Å²) in [6.45, 7) is 6.55. The second-order valence-electron chi connectivity index (χ2n) is 7.13. The van der Waals surface area contributed by atoms with Gasteiger partial charge in [-0.2, -0.15) is 0 Å². The van der Waals surface area contributed by atoms with E-state index in [1.807, 2.05) is 12.3 Å². The zero-order valence-corrected chi connectivity index (χ0v) is 14.2. The lowest BCUT2D eigenvalue weighted by Crippen LogP contribution is -2.32. The van der Waals surface area contributed by atoms with Crippen LogP contribution in [0.1, 0.15) is 52.0 Å². The highest BCUT2D eigenvalue weighted by atomic mass is 32.2. The van der Waals surface area contributed by atoms with E-state index in [0.29, 0.717) is 6.04 Å². The molecule has 0 amide bonds. The van der Waals surface area contributed by atoms with Gasteiger partial charge in [0.2, 0.25) is 0 Å². The normalized spacial score (nSPS) is 23.8. The van der Waals surface area contributed by atoms with Gasteiger partial charge in [-0.15, -0.1) is 0 Å². The smallest absolute Gasteiger partial charge is 0.150 e. The zero-order valence-electron chi connectivity index (χ0n) is 13.4. The van der Waals surface area contributed by atoms with E-state index in [0.717, 1.165) is 31.5 Å². The van der Waals surface area contributed by atoms with Gasteiger partial charge in [0.1, 0.15) is 15.7 Å². The number of anilines is 1. The molecule has 21 heavy (non-hydrogen) atoms. The third kappa shape index (κ3) is 4.43. The number of sulfone groups is 1. The van der Waals surface area contributed by atoms with Crippen LogP contribution < -0.4 is 5.32 Å². The van der Waals surface area contributed by atoms with Crippen molar-refractivity contribution >= 4 is 15.7 Å². The van der Waals surface area contributed by atoms with Crippen molar-refractivity contribution in [2.45, 2.75) is 63.2 Å². The van der Waals surface area contributed by atoms with E-state index in [1.165, 1.54) is 11.8 Å². The molecule has 0 spiro atoms. The molecular formula is C16H26N2O2S. The molecule has 1 heterocycles. The highest BCUT2D eigenvalue weighted by Crippen LogP contribution is 2.27. The van der Waals surface area contributed by atoms with Gasteiger partial charge < -0.3 is 5.32 Å². The minimum Gasteiger partial charge on any atom is -0.367 e. The molecular weight excluding hydrogens is 284 g/mol. The predicted octanol–water partition coefficient (Wildman–Crippen LogP) is 3.15. The van der Waals surface area contributed by atoms with Crippen LogP contribution in [0.15, 0.2) is 18.3 Å². The molecule has 0 aromatic carbocycles. The minimum atomic E-state index is -2.89. The van der Waals surface area contributed by atoms with Gasteiger partial charge in [0, 0.05) is 18.5 Å². The lowest BCUT2D eigenvalue weighted by Gasteiger charge is -2.29. The standard InChI is InChI=1S/C16H26N2O2S/c1-16(2,3)12-9-10-17-15(11-12)18-13-5-7-14(8-6-13)21(4,19)20/h9-11,13-14H,5-8H2,1-4H3,(H,17,18). The fourth-order valence-electron chi connectivity index (χ4n) is 2.82. The average molecular weight is 310 g/mol. The first-order valence-electron chi connectivity index (χ1n) is 7.58. The van der Waals surface area contributed by atoms with E-state index >= 15 is 0 Å². The van der Waals surface area contributed by atoms with Crippen LogP contribution in [-0.2, 0) is 15.3 Å². The Balaban J connectivity index is 1.98. The summed E-state index contributed by atoms with van der Waals surface area (Å²) in [5.74, 6) is 0.894. The minimum absolute atomic E-state index is 0.104. The Labute approximate surface area is 128 Å². The number of aromatic nitrogens is 1. The second-order valence-corrected chi connectivity index (χ2v) is 9.45. The second kappa shape index (κ2) is 5.95. The number of hydrogen-bond acceptors (Lipinski definition) is 4. The third-order valence-electron chi connectivity index (χ3n) is 4.26. The van der Waals surface area contributed by atoms with Gasteiger partial charge in [0.15, 0.2) is 0 Å². The molecule has 0 unspecified atom stereocenters. The number of pyridine rings is 1. The summed E-state index contributed by atoms with van der Waals surface area (Å²) < 4.78 is 23.1. The van der Waals surface area contributed by atoms with Crippen LogP contribution in [0, 0.1) is 0 Å². The van der Waals surface area contributed by atoms with Crippen molar-refractivity contribution in [2.24, 2.45) is 0 Å². The molecule has 0 atom stereocenters. The maximum atomic E-state index is 11.6. The van der Waals surface area contributed by atoms with Crippen LogP contribution in [0.25, 0.3) is 0 Å². The van der Waals surface area contributed by atoms with Gasteiger partial charge in [-0.25, -0.2) is 13.4 Å². The largest absolute Gasteiger partial charge is 0.367 e. The van der Waals surface area contributed by atoms with E-state index in [4.69, 9.17) is 0 Å². The van der Waals surface area contributed by atoms with E-state index in [1.54, 1.807) is 0 Å². The van der Waals surface area contributed by atoms with Crippen LogP contribution in [-0.4, -0.2) is 30.9 Å². The average Bonchev–Trinajstić information content (AvgIpc) is 2.37. The molecule has 4 nitrogen and oxygen atoms in total. The predicted molar refractivity (Wildman–Crippen MR) is 87.4 cm³/mol. The van der Waals surface area contributed by atoms with Crippen LogP contribution in [0.2, 0.25) is 0 Å². The molecule has 0 bridgehead atoms. The number of hydrogen-bond donors (Lipinski definition) is 1. The van der Waals surface area contributed by atoms with Crippen molar-refractivity contribution in [1.82, 2.24) is 4.98 Å². The van der Waals surface area contributed by atoms with Gasteiger partial charge in [-0.05, 0) is 48.8 Å². The molecule has 1 fully saturated rings. The Hall–Kier alpha value is -1.10. The Bertz CT molecular complexity index is 583. The summed E-state index contributed by atoms with van der Waals surface area (Å²) in [6, 6.07) is 4.47. The molecule has 1 aromatic heterocycles. The first-order valence-corrected chi connectivity index (χ1v) is 9.53. The fraction of sp³-hybridized carbons (Fsp3) is 0.688. The first kappa shape index (κ1) is 16.3. The Morgan fingerprint density at radius 2 is 1.81 bits per heavy atom. The fourth-order valence-corrected chi connectivity index (χ4v) is 3.95. The lowest BCUT2D eigenvalue weighted by atomic mass is 9.87. The molecule has 1 saturated carbocycles. The SMILES string of the molecule is CC(C)(C)c1ccnc(NC2CCC(S(C)(=O)=O)CC2)c1. The van der Waals surface area contributed by atoms with Crippen molar-refractivity contribution in [3.05, 3.63) is 23.9 Å². The summed E-state index contributed by atoms with van der Waals surface area (Å²) in [5, 5.41) is 3.30. The van der Waals surface area contributed by atoms with E-state index < -0.39 is 9.84 Å². The summed E-state index contributed by atoms with van der Waals surface area (Å²) in [7, 11) is -2.89. The van der Waals surface area contributed by atoms with Gasteiger partial charge in [0.25, 0.3) is 0 Å². The highest BCUT2D eigenvalue weighted by Gasteiger charge is 2.28. The van der Waals surface area contributed by atoms with Crippen molar-refractivity contribution in [3.8, 4) is 0 Å². The van der Waals surface area contributed by atoms with Crippen molar-refractivity contribution in [3.63, 3.8) is 0 Å². The Kier molecular flexibility index (Phi) is 4.61. The topological polar surface area (TPSA) is 59.1 Å². The van der Waals surface area contributed by atoms with Crippen molar-refractivity contribution in [1.29, 1.82) is 0 Å². The molecule has 2 rings (SSSR count). The first-order chi connectivity index (χ1) is 9.66. The molecule has 1 aromatic rings. The van der Waals surface area contributed by atoms with Crippen LogP contribution in [0.3, 0.4) is 0 Å². The highest BCUT2D eigenvalue weighted by molar-refractivity contribution is 7.91. The molecule has 1 aliphatic rings. The van der Waals surface area contributed by atoms with Crippen LogP contribution in [0.5, 0.6) is 0 Å². The molecule has 118 valence electrons. The van der Waals surface area contributed by atoms with E-state index in [2.05, 4.69) is 37.1 Å². The van der Waals surface area contributed by atoms with Gasteiger partial charge in [0.05, 0.1) is 5.25 Å². The quantitative estimate of drug-likeness (QED) is 0.931. The zero-order chi connectivity index (χ0) is 15.7. The monoisotopic (exact) mass is 310 g/mol.